The van der Waals surface area contributed by atoms with Crippen molar-refractivity contribution < 1.29 is 26.8 Å². The normalized spacial score (nSPS) is 26.4. The number of hydroxylamine groups is 2. The molecule has 0 radical (unpaired) electrons. The van der Waals surface area contributed by atoms with Gasteiger partial charge in [-0.1, -0.05) is 0 Å². The summed E-state index contributed by atoms with van der Waals surface area (Å²) in [5.41, 5.74) is -0.00820. The highest BCUT2D eigenvalue weighted by molar-refractivity contribution is 7.80. The van der Waals surface area contributed by atoms with Gasteiger partial charge in [0.25, 0.3) is 5.91 Å². The summed E-state index contributed by atoms with van der Waals surface area (Å²) in [4.78, 5) is 25.8. The Morgan fingerprint density at radius 1 is 1.48 bits per heavy atom. The lowest BCUT2D eigenvalue weighted by molar-refractivity contribution is -0.124. The predicted molar refractivity (Wildman–Crippen MR) is 80.5 cm³/mol. The zero-order chi connectivity index (χ0) is 18.2. The van der Waals surface area contributed by atoms with E-state index in [-0.39, 0.29) is 36.9 Å². The molecule has 3 heterocycles. The van der Waals surface area contributed by atoms with Gasteiger partial charge < -0.3 is 5.32 Å². The van der Waals surface area contributed by atoms with E-state index in [0.29, 0.717) is 0 Å². The zero-order valence-electron chi connectivity index (χ0n) is 12.7. The number of ketones is 1. The van der Waals surface area contributed by atoms with Crippen molar-refractivity contribution in [3.8, 4) is 0 Å². The van der Waals surface area contributed by atoms with Crippen LogP contribution < -0.4 is 5.32 Å². The lowest BCUT2D eigenvalue weighted by Crippen LogP contribution is -2.54. The van der Waals surface area contributed by atoms with E-state index in [2.05, 4.69) is 19.8 Å². The highest BCUT2D eigenvalue weighted by Crippen LogP contribution is 2.27. The summed E-state index contributed by atoms with van der Waals surface area (Å²) in [6.45, 7) is 0.125. The minimum absolute atomic E-state index is 0.00820. The third-order valence-electron chi connectivity index (χ3n) is 3.80. The van der Waals surface area contributed by atoms with Crippen LogP contribution in [0.3, 0.4) is 0 Å². The van der Waals surface area contributed by atoms with Gasteiger partial charge in [-0.2, -0.15) is 22.9 Å². The van der Waals surface area contributed by atoms with Crippen LogP contribution in [-0.4, -0.2) is 76.0 Å². The fourth-order valence-corrected chi connectivity index (χ4v) is 3.25. The Labute approximate surface area is 142 Å². The number of hydrogen-bond donors (Lipinski definition) is 3. The molecular formula is C12H14N6O6S. The zero-order valence-corrected chi connectivity index (χ0v) is 13.5. The second-order valence-corrected chi connectivity index (χ2v) is 6.54. The fraction of sp³-hybridized carbons (Fsp3) is 0.417. The van der Waals surface area contributed by atoms with E-state index in [0.717, 1.165) is 5.06 Å². The highest BCUT2D eigenvalue weighted by atomic mass is 32.3. The second kappa shape index (κ2) is 6.53. The molecule has 2 fully saturated rings. The van der Waals surface area contributed by atoms with Crippen LogP contribution in [0.15, 0.2) is 18.3 Å². The maximum atomic E-state index is 12.3. The number of carbonyl (C=O) groups is 2. The number of amidine groups is 1. The van der Waals surface area contributed by atoms with Crippen molar-refractivity contribution in [3.63, 3.8) is 0 Å². The van der Waals surface area contributed by atoms with Crippen LogP contribution in [0.4, 0.5) is 0 Å². The lowest BCUT2D eigenvalue weighted by atomic mass is 9.98. The molecule has 13 heteroatoms. The van der Waals surface area contributed by atoms with E-state index in [1.807, 2.05) is 0 Å². The standard InChI is InChI=1S/C12H14N6O6S/c13-11(15-12(20)8-2-1-3-14-16-8)10-9(19)4-7-5-17(10)6-18(7)24-25(21,22)23/h1-3,7,10H,4-6H2,(H2,13,15,20)(H,21,22,23)/t7-,10-/m1/s1. The van der Waals surface area contributed by atoms with E-state index in [4.69, 9.17) is 9.96 Å². The SMILES string of the molecule is N=C(NC(=O)c1cccnn1)[C@H]1C(=O)C[C@@H]2CN1CN2OS(=O)(=O)O. The van der Waals surface area contributed by atoms with Crippen molar-refractivity contribution in [2.24, 2.45) is 0 Å². The Kier molecular flexibility index (Phi) is 4.57. The van der Waals surface area contributed by atoms with E-state index >= 15 is 0 Å². The van der Waals surface area contributed by atoms with Crippen LogP contribution in [0.5, 0.6) is 0 Å². The molecule has 0 saturated carbocycles. The molecule has 0 spiro atoms. The Balaban J connectivity index is 1.69. The molecule has 1 unspecified atom stereocenters. The molecule has 3 rings (SSSR count). The Bertz CT molecular complexity index is 815. The predicted octanol–water partition coefficient (Wildman–Crippen LogP) is -1.80. The molecule has 134 valence electrons. The summed E-state index contributed by atoms with van der Waals surface area (Å²) in [6.07, 6.45) is 1.31. The van der Waals surface area contributed by atoms with Gasteiger partial charge in [-0.05, 0) is 12.1 Å². The number of rotatable bonds is 4. The molecule has 12 nitrogen and oxygen atoms in total. The first-order valence-electron chi connectivity index (χ1n) is 7.12. The van der Waals surface area contributed by atoms with E-state index in [9.17, 15) is 18.0 Å². The first kappa shape index (κ1) is 17.5. The third kappa shape index (κ3) is 3.85. The van der Waals surface area contributed by atoms with Crippen LogP contribution in [0.2, 0.25) is 0 Å². The van der Waals surface area contributed by atoms with E-state index < -0.39 is 28.4 Å². The summed E-state index contributed by atoms with van der Waals surface area (Å²) >= 11 is 0. The molecule has 2 saturated heterocycles. The summed E-state index contributed by atoms with van der Waals surface area (Å²) in [5.74, 6) is -1.41. The van der Waals surface area contributed by atoms with Crippen LogP contribution in [0.1, 0.15) is 16.9 Å². The molecule has 2 aliphatic rings. The molecule has 3 atom stereocenters. The maximum absolute atomic E-state index is 12.3. The monoisotopic (exact) mass is 370 g/mol. The number of nitrogens with one attached hydrogen (secondary N) is 2. The van der Waals surface area contributed by atoms with Crippen molar-refractivity contribution in [1.29, 1.82) is 5.41 Å². The maximum Gasteiger partial charge on any atom is 0.413 e. The number of Topliss-reactive ketones (excluding diaryl/α,β-unsaturated/α-hetero) is 1. The van der Waals surface area contributed by atoms with Crippen molar-refractivity contribution in [2.45, 2.75) is 18.5 Å². The van der Waals surface area contributed by atoms with Crippen molar-refractivity contribution in [2.75, 3.05) is 13.2 Å². The number of hydrogen-bond acceptors (Lipinski definition) is 10. The summed E-state index contributed by atoms with van der Waals surface area (Å²) < 4.78 is 34.9. The lowest BCUT2D eigenvalue weighted by Gasteiger charge is -2.29. The van der Waals surface area contributed by atoms with Gasteiger partial charge in [-0.25, -0.2) is 0 Å². The van der Waals surface area contributed by atoms with Gasteiger partial charge in [0.2, 0.25) is 0 Å². The number of aromatic nitrogens is 2. The summed E-state index contributed by atoms with van der Waals surface area (Å²) in [6, 6.07) is 1.31. The van der Waals surface area contributed by atoms with Gasteiger partial charge in [0.1, 0.15) is 11.9 Å². The smallest absolute Gasteiger partial charge is 0.307 e. The van der Waals surface area contributed by atoms with Gasteiger partial charge in [0, 0.05) is 19.2 Å². The Morgan fingerprint density at radius 2 is 2.24 bits per heavy atom. The van der Waals surface area contributed by atoms with Gasteiger partial charge in [-0.3, -0.25) is 24.5 Å². The molecule has 0 aliphatic carbocycles. The molecule has 25 heavy (non-hydrogen) atoms. The minimum atomic E-state index is -4.71. The van der Waals surface area contributed by atoms with E-state index in [1.165, 1.54) is 23.2 Å². The van der Waals surface area contributed by atoms with Crippen molar-refractivity contribution in [3.05, 3.63) is 24.0 Å². The third-order valence-corrected chi connectivity index (χ3v) is 4.18. The van der Waals surface area contributed by atoms with E-state index in [1.54, 1.807) is 0 Å². The number of fused-ring (bicyclic) bond motifs is 2. The Morgan fingerprint density at radius 3 is 2.88 bits per heavy atom. The first-order valence-corrected chi connectivity index (χ1v) is 8.49. The minimum Gasteiger partial charge on any atom is -0.307 e. The van der Waals surface area contributed by atoms with Gasteiger partial charge in [0.15, 0.2) is 11.5 Å². The molecule has 0 aromatic carbocycles. The van der Waals surface area contributed by atoms with Gasteiger partial charge >= 0.3 is 10.4 Å². The van der Waals surface area contributed by atoms with Crippen LogP contribution in [0.25, 0.3) is 0 Å². The van der Waals surface area contributed by atoms with Gasteiger partial charge in [0.05, 0.1) is 12.7 Å². The first-order chi connectivity index (χ1) is 11.7. The van der Waals surface area contributed by atoms with Gasteiger partial charge in [-0.15, -0.1) is 5.10 Å². The number of carbonyl (C=O) groups excluding carboxylic acids is 2. The topological polar surface area (TPSA) is 166 Å². The van der Waals surface area contributed by atoms with Crippen LogP contribution in [-0.2, 0) is 19.5 Å². The molecule has 1 amide bonds. The average Bonchev–Trinajstić information content (AvgIpc) is 2.82. The highest BCUT2D eigenvalue weighted by Gasteiger charge is 2.47. The van der Waals surface area contributed by atoms with Crippen LogP contribution in [0, 0.1) is 5.41 Å². The summed E-state index contributed by atoms with van der Waals surface area (Å²) in [7, 11) is -4.71. The molecule has 2 bridgehead atoms. The fourth-order valence-electron chi connectivity index (χ4n) is 2.84. The molecule has 2 aliphatic heterocycles. The largest absolute Gasteiger partial charge is 0.413 e. The van der Waals surface area contributed by atoms with Crippen LogP contribution >= 0.6 is 0 Å². The quantitative estimate of drug-likeness (QED) is 0.313. The summed E-state index contributed by atoms with van der Waals surface area (Å²) in [5, 5.41) is 18.5. The second-order valence-electron chi connectivity index (χ2n) is 5.54. The van der Waals surface area contributed by atoms with Crippen molar-refractivity contribution >= 4 is 27.9 Å². The average molecular weight is 370 g/mol. The number of piperidine rings is 1. The molecule has 1 aromatic rings. The number of nitrogens with zero attached hydrogens (tertiary/aromatic N) is 4. The molecule has 1 aromatic heterocycles. The van der Waals surface area contributed by atoms with Crippen molar-refractivity contribution in [1.82, 2.24) is 25.5 Å². The Hall–Kier alpha value is -2.32. The molecule has 3 N–H and O–H groups in total. The number of amides is 1. The molecular weight excluding hydrogens is 356 g/mol.